The zero-order valence-corrected chi connectivity index (χ0v) is 14.3. The van der Waals surface area contributed by atoms with Gasteiger partial charge in [-0.05, 0) is 35.4 Å². The van der Waals surface area contributed by atoms with Gasteiger partial charge in [0.25, 0.3) is 0 Å². The molecule has 0 bridgehead atoms. The van der Waals surface area contributed by atoms with Gasteiger partial charge < -0.3 is 9.47 Å². The summed E-state index contributed by atoms with van der Waals surface area (Å²) in [5.41, 5.74) is 1.39. The molecule has 0 aliphatic heterocycles. The first-order valence-electron chi connectivity index (χ1n) is 6.91. The maximum atomic E-state index is 12.5. The van der Waals surface area contributed by atoms with E-state index in [4.69, 9.17) is 9.47 Å². The van der Waals surface area contributed by atoms with Gasteiger partial charge in [-0.15, -0.1) is 0 Å². The van der Waals surface area contributed by atoms with Crippen LogP contribution in [0.25, 0.3) is 12.2 Å². The lowest BCUT2D eigenvalue weighted by molar-refractivity contribution is -0.00980. The van der Waals surface area contributed by atoms with E-state index < -0.39 is 9.84 Å². The van der Waals surface area contributed by atoms with Gasteiger partial charge in [-0.25, -0.2) is 8.42 Å². The highest BCUT2D eigenvalue weighted by Crippen LogP contribution is 2.27. The first kappa shape index (κ1) is 17.8. The van der Waals surface area contributed by atoms with Gasteiger partial charge in [-0.3, -0.25) is 4.94 Å². The van der Waals surface area contributed by atoms with Crippen LogP contribution in [0.1, 0.15) is 11.1 Å². The van der Waals surface area contributed by atoms with E-state index in [1.165, 1.54) is 12.1 Å². The summed E-state index contributed by atoms with van der Waals surface area (Å²) in [6.07, 6.45) is 4.46. The molecule has 5 nitrogen and oxygen atoms in total. The summed E-state index contributed by atoms with van der Waals surface area (Å²) < 4.78 is 46.2. The summed E-state index contributed by atoms with van der Waals surface area (Å²) in [7, 11) is -0.507. The van der Waals surface area contributed by atoms with Crippen molar-refractivity contribution in [1.29, 1.82) is 0 Å². The van der Waals surface area contributed by atoms with Crippen LogP contribution in [0.5, 0.6) is 17.2 Å². The molecule has 0 heterocycles. The van der Waals surface area contributed by atoms with Crippen molar-refractivity contribution in [2.45, 2.75) is 4.90 Å². The predicted molar refractivity (Wildman–Crippen MR) is 89.8 cm³/mol. The number of benzene rings is 2. The SMILES string of the molecule is COc1cc(/C=C/c2ccc(OF)c(S(C)(=O)=O)c2)cc(OC)c1. The monoisotopic (exact) mass is 352 g/mol. The van der Waals surface area contributed by atoms with Gasteiger partial charge in [-0.2, -0.15) is 0 Å². The van der Waals surface area contributed by atoms with Gasteiger partial charge in [-0.1, -0.05) is 18.2 Å². The lowest BCUT2D eigenvalue weighted by Gasteiger charge is -2.06. The Bertz CT molecular complexity index is 837. The van der Waals surface area contributed by atoms with Crippen LogP contribution >= 0.6 is 0 Å². The molecule has 0 aliphatic carbocycles. The number of hydrogen-bond acceptors (Lipinski definition) is 5. The van der Waals surface area contributed by atoms with E-state index in [0.29, 0.717) is 17.1 Å². The van der Waals surface area contributed by atoms with Crippen LogP contribution in [0, 0.1) is 0 Å². The third-order valence-electron chi connectivity index (χ3n) is 3.29. The number of hydrogen-bond donors (Lipinski definition) is 0. The van der Waals surface area contributed by atoms with Crippen LogP contribution in [-0.2, 0) is 9.84 Å². The van der Waals surface area contributed by atoms with Gasteiger partial charge in [0.15, 0.2) is 15.6 Å². The molecule has 24 heavy (non-hydrogen) atoms. The van der Waals surface area contributed by atoms with E-state index in [1.807, 2.05) is 0 Å². The zero-order valence-electron chi connectivity index (χ0n) is 13.4. The average molecular weight is 352 g/mol. The van der Waals surface area contributed by atoms with Crippen molar-refractivity contribution in [1.82, 2.24) is 0 Å². The first-order chi connectivity index (χ1) is 11.4. The fraction of sp³-hybridized carbons (Fsp3) is 0.176. The number of sulfone groups is 1. The molecule has 2 aromatic rings. The molecule has 0 spiro atoms. The summed E-state index contributed by atoms with van der Waals surface area (Å²) in [4.78, 5) is 3.40. The lowest BCUT2D eigenvalue weighted by atomic mass is 10.1. The normalized spacial score (nSPS) is 11.5. The molecule has 0 saturated carbocycles. The van der Waals surface area contributed by atoms with Gasteiger partial charge in [0.05, 0.1) is 14.2 Å². The van der Waals surface area contributed by atoms with Crippen LogP contribution in [0.15, 0.2) is 41.3 Å². The highest BCUT2D eigenvalue weighted by atomic mass is 32.2. The minimum Gasteiger partial charge on any atom is -0.497 e. The standard InChI is InChI=1S/C17H17FO5S/c1-21-14-8-13(9-15(11-14)22-2)5-4-12-6-7-16(23-18)17(10-12)24(3,19)20/h4-11H,1-3H3/b5-4+. The topological polar surface area (TPSA) is 61.8 Å². The lowest BCUT2D eigenvalue weighted by Crippen LogP contribution is -1.99. The van der Waals surface area contributed by atoms with Crippen molar-refractivity contribution in [3.05, 3.63) is 47.5 Å². The number of ether oxygens (including phenoxy) is 2. The Balaban J connectivity index is 2.39. The molecule has 0 aliphatic rings. The van der Waals surface area contributed by atoms with E-state index in [-0.39, 0.29) is 10.6 Å². The minimum absolute atomic E-state index is 0.213. The molecule has 0 unspecified atom stereocenters. The van der Waals surface area contributed by atoms with Crippen molar-refractivity contribution in [2.75, 3.05) is 20.5 Å². The second kappa shape index (κ2) is 7.35. The Labute approximate surface area is 140 Å². The van der Waals surface area contributed by atoms with Crippen LogP contribution in [0.4, 0.5) is 4.53 Å². The average Bonchev–Trinajstić information content (AvgIpc) is 2.58. The Morgan fingerprint density at radius 2 is 1.50 bits per heavy atom. The van der Waals surface area contributed by atoms with E-state index in [9.17, 15) is 12.9 Å². The predicted octanol–water partition coefficient (Wildman–Crippen LogP) is 3.54. The largest absolute Gasteiger partial charge is 0.497 e. The van der Waals surface area contributed by atoms with Crippen LogP contribution in [0.3, 0.4) is 0 Å². The molecule has 0 saturated heterocycles. The molecular weight excluding hydrogens is 335 g/mol. The molecule has 128 valence electrons. The molecule has 0 aromatic heterocycles. The first-order valence-corrected chi connectivity index (χ1v) is 8.80. The molecule has 0 fully saturated rings. The molecule has 0 atom stereocenters. The fourth-order valence-corrected chi connectivity index (χ4v) is 2.92. The Morgan fingerprint density at radius 3 is 2.00 bits per heavy atom. The minimum atomic E-state index is -3.61. The molecular formula is C17H17FO5S. The molecule has 2 aromatic carbocycles. The zero-order chi connectivity index (χ0) is 17.7. The van der Waals surface area contributed by atoms with E-state index >= 15 is 0 Å². The summed E-state index contributed by atoms with van der Waals surface area (Å²) in [5.74, 6) is 0.928. The Hall–Kier alpha value is -2.54. The van der Waals surface area contributed by atoms with E-state index in [2.05, 4.69) is 4.94 Å². The van der Waals surface area contributed by atoms with Gasteiger partial charge in [0, 0.05) is 16.8 Å². The second-order valence-corrected chi connectivity index (χ2v) is 7.02. The van der Waals surface area contributed by atoms with Crippen LogP contribution < -0.4 is 14.4 Å². The Kier molecular flexibility index (Phi) is 5.46. The summed E-state index contributed by atoms with van der Waals surface area (Å²) in [6, 6.07) is 9.51. The van der Waals surface area contributed by atoms with E-state index in [0.717, 1.165) is 11.8 Å². The number of methoxy groups -OCH3 is 2. The van der Waals surface area contributed by atoms with Gasteiger partial charge >= 0.3 is 0 Å². The van der Waals surface area contributed by atoms with Crippen molar-refractivity contribution in [2.24, 2.45) is 0 Å². The third kappa shape index (κ3) is 4.26. The van der Waals surface area contributed by atoms with Crippen molar-refractivity contribution in [3.63, 3.8) is 0 Å². The van der Waals surface area contributed by atoms with Crippen molar-refractivity contribution < 1.29 is 27.4 Å². The maximum absolute atomic E-state index is 12.5. The highest BCUT2D eigenvalue weighted by molar-refractivity contribution is 7.90. The smallest absolute Gasteiger partial charge is 0.190 e. The molecule has 0 radical (unpaired) electrons. The summed E-state index contributed by atoms with van der Waals surface area (Å²) in [6.45, 7) is 0. The Morgan fingerprint density at radius 1 is 0.917 bits per heavy atom. The van der Waals surface area contributed by atoms with Crippen molar-refractivity contribution >= 4 is 22.0 Å². The molecule has 2 rings (SSSR count). The number of halogens is 1. The maximum Gasteiger partial charge on any atom is 0.190 e. The molecule has 0 N–H and O–H groups in total. The van der Waals surface area contributed by atoms with Crippen molar-refractivity contribution in [3.8, 4) is 17.2 Å². The van der Waals surface area contributed by atoms with Crippen LogP contribution in [-0.4, -0.2) is 28.9 Å². The quantitative estimate of drug-likeness (QED) is 0.744. The van der Waals surface area contributed by atoms with Gasteiger partial charge in [0.1, 0.15) is 16.4 Å². The summed E-state index contributed by atoms with van der Waals surface area (Å²) in [5, 5.41) is 0. The molecule has 7 heteroatoms. The fourth-order valence-electron chi connectivity index (χ4n) is 2.10. The number of rotatable bonds is 6. The summed E-state index contributed by atoms with van der Waals surface area (Å²) >= 11 is 0. The third-order valence-corrected chi connectivity index (χ3v) is 4.41. The highest BCUT2D eigenvalue weighted by Gasteiger charge is 2.15. The van der Waals surface area contributed by atoms with E-state index in [1.54, 1.807) is 50.6 Å². The van der Waals surface area contributed by atoms with Gasteiger partial charge in [0.2, 0.25) is 0 Å². The van der Waals surface area contributed by atoms with Crippen LogP contribution in [0.2, 0.25) is 0 Å². The molecule has 0 amide bonds. The second-order valence-electron chi connectivity index (χ2n) is 5.03.